The van der Waals surface area contributed by atoms with Crippen molar-refractivity contribution in [1.29, 1.82) is 0 Å². The Balaban J connectivity index is 1.87. The molecule has 5 heteroatoms. The number of rotatable bonds is 11. The highest BCUT2D eigenvalue weighted by Crippen LogP contribution is 2.34. The molecule has 0 unspecified atom stereocenters. The van der Waals surface area contributed by atoms with E-state index in [1.807, 2.05) is 91.0 Å². The predicted octanol–water partition coefficient (Wildman–Crippen LogP) is 7.77. The molecule has 0 fully saturated rings. The van der Waals surface area contributed by atoms with E-state index in [1.165, 1.54) is 16.7 Å². The Labute approximate surface area is 213 Å². The Morgan fingerprint density at radius 3 is 1.31 bits per heavy atom. The maximum atomic E-state index is 6.60. The molecule has 0 radical (unpaired) electrons. The van der Waals surface area contributed by atoms with Gasteiger partial charge in [-0.2, -0.15) is 19.4 Å². The topological polar surface area (TPSA) is 36.9 Å². The molecule has 0 amide bonds. The molecule has 36 heavy (non-hydrogen) atoms. The van der Waals surface area contributed by atoms with E-state index in [0.29, 0.717) is 23.0 Å². The highest BCUT2D eigenvalue weighted by atomic mass is 17.4. The average molecular weight is 485 g/mol. The second-order valence-corrected chi connectivity index (χ2v) is 8.43. The third-order valence-corrected chi connectivity index (χ3v) is 6.06. The van der Waals surface area contributed by atoms with Crippen molar-refractivity contribution in [2.45, 2.75) is 47.0 Å². The van der Waals surface area contributed by atoms with E-state index in [-0.39, 0.29) is 0 Å². The molecule has 0 aliphatic rings. The quantitative estimate of drug-likeness (QED) is 0.161. The van der Waals surface area contributed by atoms with Crippen molar-refractivity contribution in [1.82, 2.24) is 0 Å². The number of hydrogen-bond donors (Lipinski definition) is 0. The summed E-state index contributed by atoms with van der Waals surface area (Å²) < 4.78 is 0. The van der Waals surface area contributed by atoms with Crippen molar-refractivity contribution >= 4 is 0 Å². The lowest BCUT2D eigenvalue weighted by atomic mass is 9.91. The molecule has 0 atom stereocenters. The van der Waals surface area contributed by atoms with Crippen LogP contribution in [0.2, 0.25) is 0 Å². The minimum absolute atomic E-state index is 0.527. The van der Waals surface area contributed by atoms with Gasteiger partial charge in [0.2, 0.25) is 23.0 Å². The summed E-state index contributed by atoms with van der Waals surface area (Å²) >= 11 is 0. The van der Waals surface area contributed by atoms with E-state index in [0.717, 1.165) is 24.8 Å². The first-order valence-electron chi connectivity index (χ1n) is 12.5. The van der Waals surface area contributed by atoms with Crippen LogP contribution in [0.3, 0.4) is 0 Å². The first-order valence-corrected chi connectivity index (χ1v) is 12.5. The standard InChI is InChI=1S/C31H34NO4/c1-5-25-23-31(24(4)29(6-2)30(25)7-3)36-32(33-26-17-11-8-12-18-26,34-27-19-13-9-14-20-27)35-28-21-15-10-16-22-28/h8-23H,5-7H2,1-4H3/q+1. The van der Waals surface area contributed by atoms with Gasteiger partial charge in [0.25, 0.3) is 0 Å². The third-order valence-electron chi connectivity index (χ3n) is 6.06. The molecular formula is C31H34NO4+. The maximum absolute atomic E-state index is 6.60. The molecule has 186 valence electrons. The van der Waals surface area contributed by atoms with E-state index in [1.54, 1.807) is 0 Å². The van der Waals surface area contributed by atoms with Crippen LogP contribution in [0.5, 0.6) is 23.0 Å². The van der Waals surface area contributed by atoms with Gasteiger partial charge in [-0.25, -0.2) is 0 Å². The molecule has 4 rings (SSSR count). The van der Waals surface area contributed by atoms with Crippen molar-refractivity contribution in [3.05, 3.63) is 119 Å². The molecule has 0 aromatic heterocycles. The molecule has 0 aliphatic carbocycles. The van der Waals surface area contributed by atoms with Crippen LogP contribution in [0, 0.1) is 6.92 Å². The fourth-order valence-electron chi connectivity index (χ4n) is 4.32. The summed E-state index contributed by atoms with van der Waals surface area (Å²) in [5, 5.41) is -1.03. The van der Waals surface area contributed by atoms with Crippen LogP contribution < -0.4 is 19.4 Å². The lowest BCUT2D eigenvalue weighted by Crippen LogP contribution is -2.59. The Kier molecular flexibility index (Phi) is 8.13. The van der Waals surface area contributed by atoms with Crippen LogP contribution in [0.25, 0.3) is 0 Å². The normalized spacial score (nSPS) is 11.1. The van der Waals surface area contributed by atoms with Gasteiger partial charge in [-0.15, -0.1) is 0 Å². The number of hydrogen-bond acceptors (Lipinski definition) is 4. The van der Waals surface area contributed by atoms with Gasteiger partial charge in [-0.05, 0) is 85.3 Å². The molecule has 0 saturated carbocycles. The SMILES string of the molecule is CCc1cc(O[N+](Oc2ccccc2)(Oc2ccccc2)Oc2ccccc2)c(C)c(CC)c1CC. The van der Waals surface area contributed by atoms with Crippen molar-refractivity contribution in [3.63, 3.8) is 0 Å². The molecule has 0 bridgehead atoms. The molecule has 0 N–H and O–H groups in total. The Morgan fingerprint density at radius 1 is 0.528 bits per heavy atom. The van der Waals surface area contributed by atoms with Gasteiger partial charge in [0, 0.05) is 5.56 Å². The predicted molar refractivity (Wildman–Crippen MR) is 141 cm³/mol. The van der Waals surface area contributed by atoms with Crippen molar-refractivity contribution in [2.24, 2.45) is 0 Å². The van der Waals surface area contributed by atoms with Crippen LogP contribution in [-0.4, -0.2) is 5.14 Å². The summed E-state index contributed by atoms with van der Waals surface area (Å²) in [7, 11) is 0. The van der Waals surface area contributed by atoms with Crippen LogP contribution in [0.4, 0.5) is 0 Å². The van der Waals surface area contributed by atoms with Gasteiger partial charge >= 0.3 is 5.14 Å². The highest BCUT2D eigenvalue weighted by molar-refractivity contribution is 5.49. The number of aryl methyl sites for hydroxylation is 1. The van der Waals surface area contributed by atoms with Crippen molar-refractivity contribution < 1.29 is 24.5 Å². The van der Waals surface area contributed by atoms with Crippen molar-refractivity contribution in [3.8, 4) is 23.0 Å². The third kappa shape index (κ3) is 5.81. The number of para-hydroxylation sites is 3. The summed E-state index contributed by atoms with van der Waals surface area (Å²) in [5.41, 5.74) is 4.94. The zero-order valence-electron chi connectivity index (χ0n) is 21.4. The fraction of sp³-hybridized carbons (Fsp3) is 0.226. The summed E-state index contributed by atoms with van der Waals surface area (Å²) in [6, 6.07) is 30.2. The van der Waals surface area contributed by atoms with Gasteiger partial charge in [0.15, 0.2) is 0 Å². The monoisotopic (exact) mass is 484 g/mol. The molecule has 0 aliphatic heterocycles. The van der Waals surface area contributed by atoms with Gasteiger partial charge in [0.05, 0.1) is 0 Å². The van der Waals surface area contributed by atoms with E-state index in [4.69, 9.17) is 19.4 Å². The minimum atomic E-state index is -1.03. The molecule has 0 saturated heterocycles. The smallest absolute Gasteiger partial charge is 0.181 e. The zero-order chi connectivity index (χ0) is 25.4. The Bertz CT molecular complexity index is 1140. The molecule has 4 aromatic carbocycles. The van der Waals surface area contributed by atoms with Gasteiger partial charge < -0.3 is 0 Å². The van der Waals surface area contributed by atoms with E-state index in [2.05, 4.69) is 33.8 Å². The molecule has 0 heterocycles. The van der Waals surface area contributed by atoms with E-state index in [9.17, 15) is 0 Å². The van der Waals surface area contributed by atoms with Crippen LogP contribution in [0.15, 0.2) is 97.1 Å². The zero-order valence-corrected chi connectivity index (χ0v) is 21.4. The van der Waals surface area contributed by atoms with E-state index >= 15 is 0 Å². The van der Waals surface area contributed by atoms with Gasteiger partial charge in [-0.3, -0.25) is 0 Å². The molecule has 4 aromatic rings. The summed E-state index contributed by atoms with van der Waals surface area (Å²) in [6.45, 7) is 8.61. The Hall–Kier alpha value is -3.96. The number of nitrogens with zero attached hydrogens (tertiary/aromatic N) is 1. The Morgan fingerprint density at radius 2 is 0.944 bits per heavy atom. The minimum Gasteiger partial charge on any atom is -0.181 e. The van der Waals surface area contributed by atoms with Gasteiger partial charge in [0.1, 0.15) is 0 Å². The molecule has 5 nitrogen and oxygen atoms in total. The number of benzene rings is 4. The highest BCUT2D eigenvalue weighted by Gasteiger charge is 2.46. The first-order chi connectivity index (χ1) is 17.6. The summed E-state index contributed by atoms with van der Waals surface area (Å²) in [4.78, 5) is 25.6. The molecular weight excluding hydrogens is 450 g/mol. The van der Waals surface area contributed by atoms with Crippen LogP contribution in [-0.2, 0) is 19.3 Å². The first kappa shape index (κ1) is 25.1. The lowest BCUT2D eigenvalue weighted by molar-refractivity contribution is -1.41. The molecule has 0 spiro atoms. The van der Waals surface area contributed by atoms with Crippen LogP contribution in [0.1, 0.15) is 43.0 Å². The second kappa shape index (κ2) is 11.6. The largest absolute Gasteiger partial charge is 0.428 e. The fourth-order valence-corrected chi connectivity index (χ4v) is 4.32. The van der Waals surface area contributed by atoms with Gasteiger partial charge in [-0.1, -0.05) is 75.4 Å². The second-order valence-electron chi connectivity index (χ2n) is 8.43. The lowest BCUT2D eigenvalue weighted by Gasteiger charge is -2.27. The number of quaternary nitrogens is 1. The summed E-state index contributed by atoms with van der Waals surface area (Å²) in [6.07, 6.45) is 2.76. The van der Waals surface area contributed by atoms with Crippen LogP contribution >= 0.6 is 0 Å². The van der Waals surface area contributed by atoms with Crippen molar-refractivity contribution in [2.75, 3.05) is 0 Å². The summed E-state index contributed by atoms with van der Waals surface area (Å²) in [5.74, 6) is 2.22. The maximum Gasteiger partial charge on any atom is 0.428 e. The average Bonchev–Trinajstić information content (AvgIpc) is 2.91. The van der Waals surface area contributed by atoms with E-state index < -0.39 is 5.14 Å².